The molecule has 2 saturated heterocycles. The molecular weight excluding hydrogens is 320 g/mol. The minimum Gasteiger partial charge on any atom is -0.364 e. The number of nitrogens with zero attached hydrogens (tertiary/aromatic N) is 2. The number of hydrogen-bond acceptors (Lipinski definition) is 5. The zero-order valence-corrected chi connectivity index (χ0v) is 15.1. The monoisotopic (exact) mass is 352 g/mol. The van der Waals surface area contributed by atoms with Crippen LogP contribution >= 0.6 is 0 Å². The first kappa shape index (κ1) is 18.6. The molecule has 0 aromatic carbocycles. The second kappa shape index (κ2) is 8.96. The van der Waals surface area contributed by atoms with Crippen molar-refractivity contribution in [2.75, 3.05) is 39.3 Å². The molecule has 7 heteroatoms. The average Bonchev–Trinajstić information content (AvgIpc) is 3.12. The van der Waals surface area contributed by atoms with Crippen LogP contribution in [0.4, 0.5) is 0 Å². The van der Waals surface area contributed by atoms with Gasteiger partial charge in [-0.05, 0) is 25.7 Å². The molecule has 3 N–H and O–H groups in total. The quantitative estimate of drug-likeness (QED) is 0.732. The molecule has 3 aliphatic rings. The van der Waals surface area contributed by atoms with Crippen molar-refractivity contribution in [2.24, 2.45) is 5.73 Å². The van der Waals surface area contributed by atoms with Gasteiger partial charge in [-0.25, -0.2) is 0 Å². The summed E-state index contributed by atoms with van der Waals surface area (Å²) in [5.74, 6) is 0.207. The molecule has 25 heavy (non-hydrogen) atoms. The number of ether oxygens (including phenoxy) is 1. The normalized spacial score (nSPS) is 28.9. The lowest BCUT2D eigenvalue weighted by Gasteiger charge is -2.35. The number of piperazine rings is 1. The number of amides is 2. The summed E-state index contributed by atoms with van der Waals surface area (Å²) >= 11 is 0. The fourth-order valence-corrected chi connectivity index (χ4v) is 4.11. The lowest BCUT2D eigenvalue weighted by Crippen LogP contribution is -2.53. The van der Waals surface area contributed by atoms with Crippen molar-refractivity contribution in [2.45, 2.75) is 63.2 Å². The first-order valence-corrected chi connectivity index (χ1v) is 9.81. The number of carbonyl (C=O) groups excluding carboxylic acids is 2. The second-order valence-electron chi connectivity index (χ2n) is 7.56. The smallest absolute Gasteiger partial charge is 0.251 e. The molecule has 0 radical (unpaired) electrons. The highest BCUT2D eigenvalue weighted by Gasteiger charge is 2.34. The number of hydrogen-bond donors (Lipinski definition) is 2. The van der Waals surface area contributed by atoms with Crippen LogP contribution in [0.3, 0.4) is 0 Å². The second-order valence-corrected chi connectivity index (χ2v) is 7.56. The standard InChI is InChI=1S/C18H32N4O3/c19-12-15-6-7-16(25-15)18(24)22-10-8-21(9-11-22)13-17(23)20-14-4-2-1-3-5-14/h14-16H,1-13,19H2,(H,20,23)/t15-,16+/m1/s1. The summed E-state index contributed by atoms with van der Waals surface area (Å²) in [4.78, 5) is 28.7. The Bertz CT molecular complexity index is 459. The average molecular weight is 352 g/mol. The third-order valence-corrected chi connectivity index (χ3v) is 5.67. The third kappa shape index (κ3) is 5.15. The van der Waals surface area contributed by atoms with E-state index < -0.39 is 0 Å². The number of rotatable bonds is 5. The van der Waals surface area contributed by atoms with E-state index >= 15 is 0 Å². The van der Waals surface area contributed by atoms with Gasteiger partial charge in [0.25, 0.3) is 5.91 Å². The molecular formula is C18H32N4O3. The Hall–Kier alpha value is -1.18. The molecule has 2 amide bonds. The molecule has 0 aromatic heterocycles. The Kier molecular flexibility index (Phi) is 6.67. The van der Waals surface area contributed by atoms with Crippen molar-refractivity contribution < 1.29 is 14.3 Å². The molecule has 1 aliphatic carbocycles. The first-order valence-electron chi connectivity index (χ1n) is 9.81. The maximum Gasteiger partial charge on any atom is 0.251 e. The molecule has 2 heterocycles. The van der Waals surface area contributed by atoms with Gasteiger partial charge in [-0.2, -0.15) is 0 Å². The largest absolute Gasteiger partial charge is 0.364 e. The Morgan fingerprint density at radius 1 is 1.00 bits per heavy atom. The van der Waals surface area contributed by atoms with E-state index in [1.165, 1.54) is 19.3 Å². The number of nitrogens with two attached hydrogens (primary N) is 1. The molecule has 0 aromatic rings. The summed E-state index contributed by atoms with van der Waals surface area (Å²) < 4.78 is 5.71. The van der Waals surface area contributed by atoms with Gasteiger partial charge in [0.05, 0.1) is 12.6 Å². The lowest BCUT2D eigenvalue weighted by molar-refractivity contribution is -0.144. The van der Waals surface area contributed by atoms with Crippen molar-refractivity contribution >= 4 is 11.8 Å². The molecule has 0 unspecified atom stereocenters. The van der Waals surface area contributed by atoms with E-state index in [9.17, 15) is 9.59 Å². The van der Waals surface area contributed by atoms with Gasteiger partial charge >= 0.3 is 0 Å². The highest BCUT2D eigenvalue weighted by atomic mass is 16.5. The van der Waals surface area contributed by atoms with Crippen molar-refractivity contribution in [1.29, 1.82) is 0 Å². The van der Waals surface area contributed by atoms with E-state index in [4.69, 9.17) is 10.5 Å². The van der Waals surface area contributed by atoms with E-state index in [-0.39, 0.29) is 24.0 Å². The minimum atomic E-state index is -0.324. The summed E-state index contributed by atoms with van der Waals surface area (Å²) in [7, 11) is 0. The predicted octanol–water partition coefficient (Wildman–Crippen LogP) is 0.0858. The maximum atomic E-state index is 12.5. The van der Waals surface area contributed by atoms with Gasteiger partial charge in [-0.15, -0.1) is 0 Å². The van der Waals surface area contributed by atoms with Crippen LogP contribution in [0.25, 0.3) is 0 Å². The fourth-order valence-electron chi connectivity index (χ4n) is 4.11. The van der Waals surface area contributed by atoms with Crippen LogP contribution in [0.5, 0.6) is 0 Å². The first-order chi connectivity index (χ1) is 12.2. The van der Waals surface area contributed by atoms with Crippen molar-refractivity contribution in [1.82, 2.24) is 15.1 Å². The molecule has 7 nitrogen and oxygen atoms in total. The molecule has 1 saturated carbocycles. The van der Waals surface area contributed by atoms with Crippen LogP contribution in [-0.4, -0.2) is 79.1 Å². The Morgan fingerprint density at radius 2 is 1.72 bits per heavy atom. The predicted molar refractivity (Wildman–Crippen MR) is 95.0 cm³/mol. The van der Waals surface area contributed by atoms with E-state index in [0.29, 0.717) is 32.2 Å². The van der Waals surface area contributed by atoms with Crippen molar-refractivity contribution in [3.63, 3.8) is 0 Å². The molecule has 0 spiro atoms. The van der Waals surface area contributed by atoms with Gasteiger partial charge in [-0.1, -0.05) is 19.3 Å². The topological polar surface area (TPSA) is 87.9 Å². The molecule has 0 bridgehead atoms. The SMILES string of the molecule is NC[C@H]1CC[C@@H](C(=O)N2CCN(CC(=O)NC3CCCCC3)CC2)O1. The van der Waals surface area contributed by atoms with Crippen LogP contribution < -0.4 is 11.1 Å². The van der Waals surface area contributed by atoms with Crippen LogP contribution in [0, 0.1) is 0 Å². The molecule has 2 atom stereocenters. The lowest BCUT2D eigenvalue weighted by atomic mass is 9.95. The van der Waals surface area contributed by atoms with Crippen LogP contribution in [-0.2, 0) is 14.3 Å². The molecule has 2 aliphatic heterocycles. The Morgan fingerprint density at radius 3 is 2.36 bits per heavy atom. The highest BCUT2D eigenvalue weighted by Crippen LogP contribution is 2.21. The van der Waals surface area contributed by atoms with Gasteiger partial charge < -0.3 is 20.7 Å². The summed E-state index contributed by atoms with van der Waals surface area (Å²) in [6.45, 7) is 3.75. The van der Waals surface area contributed by atoms with Gasteiger partial charge in [0, 0.05) is 38.8 Å². The van der Waals surface area contributed by atoms with E-state index in [1.807, 2.05) is 4.90 Å². The van der Waals surface area contributed by atoms with Gasteiger partial charge in [0.2, 0.25) is 5.91 Å². The van der Waals surface area contributed by atoms with E-state index in [1.54, 1.807) is 0 Å². The maximum absolute atomic E-state index is 12.5. The fraction of sp³-hybridized carbons (Fsp3) is 0.889. The number of nitrogens with one attached hydrogen (secondary N) is 1. The summed E-state index contributed by atoms with van der Waals surface area (Å²) in [6.07, 6.45) is 7.30. The van der Waals surface area contributed by atoms with E-state index in [0.717, 1.165) is 38.8 Å². The van der Waals surface area contributed by atoms with Crippen LogP contribution in [0.1, 0.15) is 44.9 Å². The minimum absolute atomic E-state index is 0.0266. The van der Waals surface area contributed by atoms with Crippen LogP contribution in [0.15, 0.2) is 0 Å². The molecule has 3 fully saturated rings. The van der Waals surface area contributed by atoms with Gasteiger partial charge in [0.15, 0.2) is 0 Å². The van der Waals surface area contributed by atoms with Gasteiger partial charge in [-0.3, -0.25) is 14.5 Å². The van der Waals surface area contributed by atoms with Crippen molar-refractivity contribution in [3.8, 4) is 0 Å². The van der Waals surface area contributed by atoms with Crippen molar-refractivity contribution in [3.05, 3.63) is 0 Å². The molecule has 142 valence electrons. The highest BCUT2D eigenvalue weighted by molar-refractivity contribution is 5.81. The molecule has 3 rings (SSSR count). The Labute approximate surface area is 150 Å². The zero-order chi connectivity index (χ0) is 17.6. The number of carbonyl (C=O) groups is 2. The Balaban J connectivity index is 1.36. The van der Waals surface area contributed by atoms with Gasteiger partial charge in [0.1, 0.15) is 6.10 Å². The van der Waals surface area contributed by atoms with Crippen LogP contribution in [0.2, 0.25) is 0 Å². The van der Waals surface area contributed by atoms with E-state index in [2.05, 4.69) is 10.2 Å². The third-order valence-electron chi connectivity index (χ3n) is 5.67. The zero-order valence-electron chi connectivity index (χ0n) is 15.1. The summed E-state index contributed by atoms with van der Waals surface area (Å²) in [5, 5.41) is 3.16. The summed E-state index contributed by atoms with van der Waals surface area (Å²) in [5.41, 5.74) is 5.61. The summed E-state index contributed by atoms with van der Waals surface area (Å²) in [6, 6.07) is 0.360.